The van der Waals surface area contributed by atoms with Crippen LogP contribution >= 0.6 is 0 Å². The minimum Gasteiger partial charge on any atom is -0.481 e. The molecule has 0 heterocycles. The lowest BCUT2D eigenvalue weighted by Crippen LogP contribution is -2.24. The fourth-order valence-corrected chi connectivity index (χ4v) is 1.55. The maximum atomic E-state index is 10.8. The molecule has 3 nitrogen and oxygen atoms in total. The average molecular weight is 215 g/mol. The quantitative estimate of drug-likeness (QED) is 0.633. The van der Waals surface area contributed by atoms with Crippen LogP contribution in [-0.2, 0) is 4.79 Å². The number of unbranched alkanes of at least 4 members (excludes halogenated alkanes) is 1. The van der Waals surface area contributed by atoms with Gasteiger partial charge in [-0.2, -0.15) is 0 Å². The third-order valence-corrected chi connectivity index (χ3v) is 2.78. The molecule has 3 heteroatoms. The topological polar surface area (TPSA) is 40.5 Å². The van der Waals surface area contributed by atoms with Gasteiger partial charge in [-0.1, -0.05) is 13.3 Å². The summed E-state index contributed by atoms with van der Waals surface area (Å²) < 4.78 is 0. The lowest BCUT2D eigenvalue weighted by molar-refractivity contribution is -0.147. The van der Waals surface area contributed by atoms with Crippen molar-refractivity contribution in [3.05, 3.63) is 0 Å². The summed E-state index contributed by atoms with van der Waals surface area (Å²) in [5.74, 6) is -0.690. The van der Waals surface area contributed by atoms with E-state index in [0.717, 1.165) is 32.4 Å². The van der Waals surface area contributed by atoms with Crippen molar-refractivity contribution in [2.45, 2.75) is 46.5 Å². The Morgan fingerprint density at radius 3 is 2.33 bits per heavy atom. The number of carbonyl (C=O) groups is 1. The highest BCUT2D eigenvalue weighted by Crippen LogP contribution is 2.23. The summed E-state index contributed by atoms with van der Waals surface area (Å²) >= 11 is 0. The maximum Gasteiger partial charge on any atom is 0.309 e. The third-order valence-electron chi connectivity index (χ3n) is 2.78. The van der Waals surface area contributed by atoms with Crippen LogP contribution in [0.15, 0.2) is 0 Å². The Morgan fingerprint density at radius 1 is 1.27 bits per heavy atom. The highest BCUT2D eigenvalue weighted by Gasteiger charge is 2.25. The normalized spacial score (nSPS) is 12.1. The third kappa shape index (κ3) is 6.50. The molecule has 0 aliphatic rings. The van der Waals surface area contributed by atoms with Crippen molar-refractivity contribution in [3.63, 3.8) is 0 Å². The van der Waals surface area contributed by atoms with E-state index >= 15 is 0 Å². The van der Waals surface area contributed by atoms with Gasteiger partial charge in [0.15, 0.2) is 0 Å². The van der Waals surface area contributed by atoms with Crippen molar-refractivity contribution in [3.8, 4) is 0 Å². The summed E-state index contributed by atoms with van der Waals surface area (Å²) in [4.78, 5) is 13.1. The van der Waals surface area contributed by atoms with Gasteiger partial charge in [-0.15, -0.1) is 0 Å². The maximum absolute atomic E-state index is 10.8. The lowest BCUT2D eigenvalue weighted by Gasteiger charge is -2.20. The Bertz CT molecular complexity index is 190. The summed E-state index contributed by atoms with van der Waals surface area (Å²) in [7, 11) is 2.12. The van der Waals surface area contributed by atoms with Crippen molar-refractivity contribution >= 4 is 5.97 Å². The van der Waals surface area contributed by atoms with E-state index in [4.69, 9.17) is 5.11 Å². The molecule has 0 aliphatic heterocycles. The van der Waals surface area contributed by atoms with E-state index in [-0.39, 0.29) is 0 Å². The van der Waals surface area contributed by atoms with Crippen molar-refractivity contribution in [1.29, 1.82) is 0 Å². The van der Waals surface area contributed by atoms with Gasteiger partial charge in [0.05, 0.1) is 5.41 Å². The van der Waals surface area contributed by atoms with E-state index in [1.807, 2.05) is 0 Å². The second-order valence-electron chi connectivity index (χ2n) is 4.95. The van der Waals surface area contributed by atoms with Crippen LogP contribution in [0.2, 0.25) is 0 Å². The summed E-state index contributed by atoms with van der Waals surface area (Å²) in [6.07, 6.45) is 4.03. The average Bonchev–Trinajstić information content (AvgIpc) is 2.13. The second kappa shape index (κ2) is 6.83. The molecular weight excluding hydrogens is 190 g/mol. The van der Waals surface area contributed by atoms with Gasteiger partial charge in [-0.05, 0) is 53.2 Å². The smallest absolute Gasteiger partial charge is 0.309 e. The lowest BCUT2D eigenvalue weighted by atomic mass is 9.87. The number of aliphatic carboxylic acids is 1. The van der Waals surface area contributed by atoms with Gasteiger partial charge < -0.3 is 10.0 Å². The van der Waals surface area contributed by atoms with Gasteiger partial charge in [0, 0.05) is 0 Å². The standard InChI is InChI=1S/C12H25NO2/c1-5-9-13(4)10-7-6-8-12(2,3)11(14)15/h5-10H2,1-4H3,(H,14,15). The van der Waals surface area contributed by atoms with E-state index in [0.29, 0.717) is 0 Å². The fourth-order valence-electron chi connectivity index (χ4n) is 1.55. The van der Waals surface area contributed by atoms with Crippen molar-refractivity contribution in [1.82, 2.24) is 4.90 Å². The summed E-state index contributed by atoms with van der Waals surface area (Å²) in [5, 5.41) is 8.92. The zero-order valence-electron chi connectivity index (χ0n) is 10.5. The first-order valence-electron chi connectivity index (χ1n) is 5.82. The van der Waals surface area contributed by atoms with Crippen molar-refractivity contribution in [2.24, 2.45) is 5.41 Å². The Balaban J connectivity index is 3.58. The van der Waals surface area contributed by atoms with E-state index in [1.54, 1.807) is 13.8 Å². The zero-order chi connectivity index (χ0) is 11.9. The molecule has 15 heavy (non-hydrogen) atoms. The van der Waals surface area contributed by atoms with Crippen LogP contribution in [-0.4, -0.2) is 36.1 Å². The predicted octanol–water partition coefficient (Wildman–Crippen LogP) is 2.61. The first-order valence-corrected chi connectivity index (χ1v) is 5.82. The minimum atomic E-state index is -0.690. The van der Waals surface area contributed by atoms with Crippen LogP contribution in [0.4, 0.5) is 0 Å². The van der Waals surface area contributed by atoms with Crippen molar-refractivity contribution in [2.75, 3.05) is 20.1 Å². The number of nitrogens with zero attached hydrogens (tertiary/aromatic N) is 1. The Labute approximate surface area is 93.5 Å². The van der Waals surface area contributed by atoms with Gasteiger partial charge in [-0.3, -0.25) is 4.79 Å². The largest absolute Gasteiger partial charge is 0.481 e. The highest BCUT2D eigenvalue weighted by molar-refractivity contribution is 5.73. The number of carboxylic acids is 1. The molecule has 0 amide bonds. The summed E-state index contributed by atoms with van der Waals surface area (Å²) in [5.41, 5.74) is -0.566. The predicted molar refractivity (Wildman–Crippen MR) is 63.1 cm³/mol. The van der Waals surface area contributed by atoms with E-state index in [1.165, 1.54) is 6.42 Å². The Hall–Kier alpha value is -0.570. The molecule has 0 aromatic rings. The van der Waals surface area contributed by atoms with Gasteiger partial charge in [-0.25, -0.2) is 0 Å². The monoisotopic (exact) mass is 215 g/mol. The Morgan fingerprint density at radius 2 is 1.87 bits per heavy atom. The van der Waals surface area contributed by atoms with Gasteiger partial charge in [0.25, 0.3) is 0 Å². The molecule has 90 valence electrons. The molecule has 1 N–H and O–H groups in total. The van der Waals surface area contributed by atoms with Crippen LogP contribution in [0.3, 0.4) is 0 Å². The van der Waals surface area contributed by atoms with E-state index in [9.17, 15) is 4.79 Å². The molecule has 0 aromatic carbocycles. The van der Waals surface area contributed by atoms with Crippen LogP contribution in [0.25, 0.3) is 0 Å². The molecule has 0 radical (unpaired) electrons. The Kier molecular flexibility index (Phi) is 6.57. The van der Waals surface area contributed by atoms with Crippen molar-refractivity contribution < 1.29 is 9.90 Å². The number of hydrogen-bond donors (Lipinski definition) is 1. The second-order valence-corrected chi connectivity index (χ2v) is 4.95. The zero-order valence-corrected chi connectivity index (χ0v) is 10.5. The van der Waals surface area contributed by atoms with Crippen LogP contribution in [0.1, 0.15) is 46.5 Å². The number of hydrogen-bond acceptors (Lipinski definition) is 2. The molecule has 0 aromatic heterocycles. The molecule has 0 atom stereocenters. The molecule has 0 bridgehead atoms. The molecule has 0 rings (SSSR count). The molecule has 0 unspecified atom stereocenters. The van der Waals surface area contributed by atoms with Gasteiger partial charge in [0.2, 0.25) is 0 Å². The van der Waals surface area contributed by atoms with Crippen LogP contribution < -0.4 is 0 Å². The molecular formula is C12H25NO2. The SMILES string of the molecule is CCCN(C)CCCCC(C)(C)C(=O)O. The van der Waals surface area contributed by atoms with Gasteiger partial charge >= 0.3 is 5.97 Å². The first-order chi connectivity index (χ1) is 6.90. The molecule has 0 spiro atoms. The molecule has 0 aliphatic carbocycles. The van der Waals surface area contributed by atoms with Crippen LogP contribution in [0.5, 0.6) is 0 Å². The van der Waals surface area contributed by atoms with Crippen LogP contribution in [0, 0.1) is 5.41 Å². The summed E-state index contributed by atoms with van der Waals surface area (Å²) in [6.45, 7) is 7.96. The van der Waals surface area contributed by atoms with E-state index in [2.05, 4.69) is 18.9 Å². The number of rotatable bonds is 8. The molecule has 0 fully saturated rings. The molecule has 0 saturated carbocycles. The van der Waals surface area contributed by atoms with Gasteiger partial charge in [0.1, 0.15) is 0 Å². The minimum absolute atomic E-state index is 0.566. The molecule has 0 saturated heterocycles. The summed E-state index contributed by atoms with van der Waals surface area (Å²) in [6, 6.07) is 0. The number of carboxylic acid groups (broad SMARTS) is 1. The highest BCUT2D eigenvalue weighted by atomic mass is 16.4. The van der Waals surface area contributed by atoms with E-state index < -0.39 is 11.4 Å². The first kappa shape index (κ1) is 14.4. The fraction of sp³-hybridized carbons (Fsp3) is 0.917.